The molecule has 5 aromatic rings. The standard InChI is InChI=1S/C30H27F4N5/c1-19-7-8-21-5-3-4-6-24(21)25(19)18-37-13-15-38(16-14-37)26-17-20(2)35-29-27(22-9-11-23(31)12-10-22)28(30(32,33)34)36-39(26)29/h3-12,17H,13-16,18H2,1-2H3. The summed E-state index contributed by atoms with van der Waals surface area (Å²) in [5, 5.41) is 6.47. The number of aryl methyl sites for hydroxylation is 2. The van der Waals surface area contributed by atoms with Gasteiger partial charge < -0.3 is 4.90 Å². The second kappa shape index (κ2) is 9.64. The molecule has 39 heavy (non-hydrogen) atoms. The van der Waals surface area contributed by atoms with Crippen molar-refractivity contribution in [2.75, 3.05) is 31.1 Å². The average Bonchev–Trinajstić information content (AvgIpc) is 3.31. The number of benzene rings is 3. The van der Waals surface area contributed by atoms with E-state index < -0.39 is 17.7 Å². The maximum Gasteiger partial charge on any atom is 0.435 e. The van der Waals surface area contributed by atoms with Crippen LogP contribution in [-0.4, -0.2) is 45.7 Å². The number of nitrogens with zero attached hydrogens (tertiary/aromatic N) is 5. The molecular formula is C30H27F4N5. The number of rotatable bonds is 4. The molecule has 0 N–H and O–H groups in total. The molecule has 0 unspecified atom stereocenters. The molecular weight excluding hydrogens is 506 g/mol. The summed E-state index contributed by atoms with van der Waals surface area (Å²) in [6, 6.07) is 19.4. The largest absolute Gasteiger partial charge is 0.435 e. The lowest BCUT2D eigenvalue weighted by molar-refractivity contribution is -0.140. The van der Waals surface area contributed by atoms with Gasteiger partial charge in [-0.1, -0.05) is 48.5 Å². The minimum absolute atomic E-state index is 0.109. The van der Waals surface area contributed by atoms with E-state index in [1.54, 1.807) is 13.0 Å². The number of alkyl halides is 3. The quantitative estimate of drug-likeness (QED) is 0.243. The highest BCUT2D eigenvalue weighted by molar-refractivity contribution is 5.86. The van der Waals surface area contributed by atoms with Crippen LogP contribution in [0.1, 0.15) is 22.5 Å². The molecule has 0 atom stereocenters. The molecule has 3 heterocycles. The topological polar surface area (TPSA) is 36.7 Å². The van der Waals surface area contributed by atoms with Crippen molar-refractivity contribution in [3.8, 4) is 11.1 Å². The van der Waals surface area contributed by atoms with E-state index in [0.29, 0.717) is 24.6 Å². The average molecular weight is 534 g/mol. The Bertz CT molecular complexity index is 1670. The fourth-order valence-electron chi connectivity index (χ4n) is 5.44. The lowest BCUT2D eigenvalue weighted by Crippen LogP contribution is -2.46. The minimum Gasteiger partial charge on any atom is -0.354 e. The van der Waals surface area contributed by atoms with E-state index in [9.17, 15) is 17.6 Å². The highest BCUT2D eigenvalue weighted by Gasteiger charge is 2.39. The number of piperazine rings is 1. The van der Waals surface area contributed by atoms with Crippen LogP contribution in [0.4, 0.5) is 23.4 Å². The summed E-state index contributed by atoms with van der Waals surface area (Å²) in [7, 11) is 0. The van der Waals surface area contributed by atoms with Crippen molar-refractivity contribution in [3.05, 3.63) is 95.1 Å². The predicted molar refractivity (Wildman–Crippen MR) is 144 cm³/mol. The maximum absolute atomic E-state index is 14.1. The molecule has 6 rings (SSSR count). The van der Waals surface area contributed by atoms with Crippen molar-refractivity contribution < 1.29 is 17.6 Å². The van der Waals surface area contributed by atoms with Crippen molar-refractivity contribution in [2.24, 2.45) is 0 Å². The first kappa shape index (κ1) is 25.3. The monoisotopic (exact) mass is 533 g/mol. The van der Waals surface area contributed by atoms with Gasteiger partial charge in [-0.2, -0.15) is 22.8 Å². The Labute approximate surface area is 223 Å². The fraction of sp³-hybridized carbons (Fsp3) is 0.267. The number of halogens is 4. The van der Waals surface area contributed by atoms with Gasteiger partial charge in [0.15, 0.2) is 11.3 Å². The van der Waals surface area contributed by atoms with Gasteiger partial charge in [-0.3, -0.25) is 4.90 Å². The van der Waals surface area contributed by atoms with Crippen molar-refractivity contribution in [2.45, 2.75) is 26.6 Å². The van der Waals surface area contributed by atoms with Gasteiger partial charge in [-0.15, -0.1) is 0 Å². The number of anilines is 1. The summed E-state index contributed by atoms with van der Waals surface area (Å²) in [5.74, 6) is 0.0440. The molecule has 0 aliphatic carbocycles. The molecule has 3 aromatic carbocycles. The van der Waals surface area contributed by atoms with Crippen molar-refractivity contribution >= 4 is 22.2 Å². The van der Waals surface area contributed by atoms with Crippen molar-refractivity contribution in [1.82, 2.24) is 19.5 Å². The van der Waals surface area contributed by atoms with Crippen LogP contribution >= 0.6 is 0 Å². The van der Waals surface area contributed by atoms with E-state index in [1.807, 2.05) is 6.07 Å². The Kier molecular flexibility index (Phi) is 6.26. The number of hydrogen-bond donors (Lipinski definition) is 0. The highest BCUT2D eigenvalue weighted by Crippen LogP contribution is 2.39. The third kappa shape index (κ3) is 4.71. The molecule has 2 aromatic heterocycles. The molecule has 0 radical (unpaired) electrons. The molecule has 1 aliphatic rings. The lowest BCUT2D eigenvalue weighted by Gasteiger charge is -2.36. The second-order valence-electron chi connectivity index (χ2n) is 10.1. The third-order valence-electron chi connectivity index (χ3n) is 7.45. The summed E-state index contributed by atoms with van der Waals surface area (Å²) in [6.45, 7) is 7.47. The van der Waals surface area contributed by atoms with Gasteiger partial charge >= 0.3 is 6.18 Å². The SMILES string of the molecule is Cc1cc(N2CCN(Cc3c(C)ccc4ccccc34)CC2)n2nc(C(F)(F)F)c(-c3ccc(F)cc3)c2n1. The summed E-state index contributed by atoms with van der Waals surface area (Å²) in [4.78, 5) is 8.89. The van der Waals surface area contributed by atoms with E-state index in [0.717, 1.165) is 31.8 Å². The normalized spacial score (nSPS) is 15.0. The van der Waals surface area contributed by atoms with Gasteiger partial charge in [0.05, 0.1) is 5.56 Å². The Morgan fingerprint density at radius 2 is 1.59 bits per heavy atom. The zero-order valence-electron chi connectivity index (χ0n) is 21.6. The number of hydrogen-bond acceptors (Lipinski definition) is 4. The molecule has 0 bridgehead atoms. The second-order valence-corrected chi connectivity index (χ2v) is 10.1. The van der Waals surface area contributed by atoms with E-state index in [4.69, 9.17) is 0 Å². The Hall–Kier alpha value is -3.98. The highest BCUT2D eigenvalue weighted by atomic mass is 19.4. The van der Waals surface area contributed by atoms with Crippen LogP contribution in [0.2, 0.25) is 0 Å². The van der Waals surface area contributed by atoms with Crippen LogP contribution in [0.5, 0.6) is 0 Å². The summed E-state index contributed by atoms with van der Waals surface area (Å²) >= 11 is 0. The van der Waals surface area contributed by atoms with E-state index in [2.05, 4.69) is 57.1 Å². The molecule has 1 aliphatic heterocycles. The Morgan fingerprint density at radius 1 is 0.872 bits per heavy atom. The number of aromatic nitrogens is 3. The zero-order valence-corrected chi connectivity index (χ0v) is 21.6. The Morgan fingerprint density at radius 3 is 2.31 bits per heavy atom. The fourth-order valence-corrected chi connectivity index (χ4v) is 5.44. The zero-order chi connectivity index (χ0) is 27.3. The minimum atomic E-state index is -4.70. The van der Waals surface area contributed by atoms with Gasteiger partial charge in [0, 0.05) is 44.5 Å². The maximum atomic E-state index is 14.1. The van der Waals surface area contributed by atoms with Crippen molar-refractivity contribution in [1.29, 1.82) is 0 Å². The smallest absolute Gasteiger partial charge is 0.354 e. The summed E-state index contributed by atoms with van der Waals surface area (Å²) < 4.78 is 57.2. The van der Waals surface area contributed by atoms with Crippen LogP contribution in [-0.2, 0) is 12.7 Å². The molecule has 5 nitrogen and oxygen atoms in total. The van der Waals surface area contributed by atoms with Crippen LogP contribution in [0.15, 0.2) is 66.7 Å². The molecule has 1 saturated heterocycles. The number of fused-ring (bicyclic) bond motifs is 2. The molecule has 1 fully saturated rings. The summed E-state index contributed by atoms with van der Waals surface area (Å²) in [6.07, 6.45) is -4.70. The van der Waals surface area contributed by atoms with E-state index in [-0.39, 0.29) is 16.8 Å². The molecule has 9 heteroatoms. The Balaban J connectivity index is 1.32. The molecule has 0 amide bonds. The van der Waals surface area contributed by atoms with Gasteiger partial charge in [-0.25, -0.2) is 9.37 Å². The van der Waals surface area contributed by atoms with E-state index >= 15 is 0 Å². The third-order valence-corrected chi connectivity index (χ3v) is 7.45. The predicted octanol–water partition coefficient (Wildman–Crippen LogP) is 6.65. The first-order chi connectivity index (χ1) is 18.7. The first-order valence-corrected chi connectivity index (χ1v) is 12.9. The van der Waals surface area contributed by atoms with Gasteiger partial charge in [0.2, 0.25) is 0 Å². The van der Waals surface area contributed by atoms with Crippen molar-refractivity contribution in [3.63, 3.8) is 0 Å². The molecule has 0 spiro atoms. The van der Waals surface area contributed by atoms with E-state index in [1.165, 1.54) is 38.5 Å². The molecule has 0 saturated carbocycles. The van der Waals surface area contributed by atoms with Gasteiger partial charge in [0.25, 0.3) is 0 Å². The van der Waals surface area contributed by atoms with Gasteiger partial charge in [-0.05, 0) is 53.4 Å². The van der Waals surface area contributed by atoms with Crippen LogP contribution in [0, 0.1) is 19.7 Å². The summed E-state index contributed by atoms with van der Waals surface area (Å²) in [5.41, 5.74) is 2.29. The van der Waals surface area contributed by atoms with Crippen LogP contribution in [0.25, 0.3) is 27.5 Å². The molecule has 200 valence electrons. The van der Waals surface area contributed by atoms with Crippen LogP contribution in [0.3, 0.4) is 0 Å². The van der Waals surface area contributed by atoms with Crippen LogP contribution < -0.4 is 4.90 Å². The van der Waals surface area contributed by atoms with Gasteiger partial charge in [0.1, 0.15) is 11.6 Å². The first-order valence-electron chi connectivity index (χ1n) is 12.9. The lowest BCUT2D eigenvalue weighted by atomic mass is 9.99.